The molecule has 1 heteroatoms. The van der Waals surface area contributed by atoms with Gasteiger partial charge in [-0.2, -0.15) is 5.26 Å². The fourth-order valence-corrected chi connectivity index (χ4v) is 2.00. The molecule has 0 amide bonds. The maximum atomic E-state index is 9.50. The average Bonchev–Trinajstić information content (AvgIpc) is 2.47. The van der Waals surface area contributed by atoms with Crippen molar-refractivity contribution in [2.45, 2.75) is 11.8 Å². The highest BCUT2D eigenvalue weighted by molar-refractivity contribution is 5.44. The monoisotopic (exact) mass is 231 g/mol. The Morgan fingerprint density at radius 1 is 0.944 bits per heavy atom. The van der Waals surface area contributed by atoms with E-state index in [4.69, 9.17) is 6.42 Å². The number of terminal acetylenes is 1. The quantitative estimate of drug-likeness (QED) is 0.743. The Labute approximate surface area is 108 Å². The van der Waals surface area contributed by atoms with Crippen LogP contribution in [0.1, 0.15) is 11.1 Å². The Bertz CT molecular complexity index is 571. The van der Waals surface area contributed by atoms with E-state index >= 15 is 0 Å². The summed E-state index contributed by atoms with van der Waals surface area (Å²) in [7, 11) is 0. The summed E-state index contributed by atoms with van der Waals surface area (Å²) < 4.78 is 0. The van der Waals surface area contributed by atoms with Crippen molar-refractivity contribution in [1.82, 2.24) is 0 Å². The van der Waals surface area contributed by atoms with Crippen LogP contribution in [-0.2, 0) is 11.8 Å². The lowest BCUT2D eigenvalue weighted by atomic mass is 9.77. The Morgan fingerprint density at radius 3 is 2.00 bits per heavy atom. The van der Waals surface area contributed by atoms with Crippen LogP contribution in [0.3, 0.4) is 0 Å². The van der Waals surface area contributed by atoms with E-state index in [9.17, 15) is 5.26 Å². The zero-order valence-electron chi connectivity index (χ0n) is 10.0. The van der Waals surface area contributed by atoms with Crippen molar-refractivity contribution >= 4 is 0 Å². The van der Waals surface area contributed by atoms with Gasteiger partial charge in [0.1, 0.15) is 5.41 Å². The molecule has 0 heterocycles. The lowest BCUT2D eigenvalue weighted by molar-refractivity contribution is 0.706. The SMILES string of the molecule is C#CC(C#N)(Cc1ccccc1)c1ccccc1. The first-order valence-corrected chi connectivity index (χ1v) is 5.79. The molecule has 1 unspecified atom stereocenters. The van der Waals surface area contributed by atoms with E-state index in [1.807, 2.05) is 60.7 Å². The molecule has 0 N–H and O–H groups in total. The Morgan fingerprint density at radius 2 is 1.50 bits per heavy atom. The number of hydrogen-bond donors (Lipinski definition) is 0. The van der Waals surface area contributed by atoms with Gasteiger partial charge in [-0.3, -0.25) is 0 Å². The summed E-state index contributed by atoms with van der Waals surface area (Å²) in [5, 5.41) is 9.50. The second-order valence-corrected chi connectivity index (χ2v) is 4.19. The molecule has 0 radical (unpaired) electrons. The second kappa shape index (κ2) is 5.21. The Kier molecular flexibility index (Phi) is 3.46. The predicted molar refractivity (Wildman–Crippen MR) is 72.7 cm³/mol. The van der Waals surface area contributed by atoms with E-state index in [1.165, 1.54) is 0 Å². The molecule has 0 aromatic heterocycles. The molecule has 2 aromatic rings. The minimum atomic E-state index is -0.886. The normalized spacial score (nSPS) is 13.0. The molecular weight excluding hydrogens is 218 g/mol. The van der Waals surface area contributed by atoms with Crippen LogP contribution in [0.2, 0.25) is 0 Å². The van der Waals surface area contributed by atoms with Gasteiger partial charge in [0.2, 0.25) is 0 Å². The van der Waals surface area contributed by atoms with Gasteiger partial charge in [-0.1, -0.05) is 66.6 Å². The van der Waals surface area contributed by atoms with Gasteiger partial charge in [0.05, 0.1) is 6.07 Å². The molecule has 2 rings (SSSR count). The van der Waals surface area contributed by atoms with Crippen LogP contribution in [0, 0.1) is 23.7 Å². The molecule has 86 valence electrons. The predicted octanol–water partition coefficient (Wildman–Crippen LogP) is 3.32. The number of nitriles is 1. The molecule has 0 aliphatic heterocycles. The van der Waals surface area contributed by atoms with Crippen LogP contribution in [0.4, 0.5) is 0 Å². The third kappa shape index (κ3) is 2.26. The minimum absolute atomic E-state index is 0.533. The van der Waals surface area contributed by atoms with Gasteiger partial charge < -0.3 is 0 Å². The van der Waals surface area contributed by atoms with E-state index in [0.29, 0.717) is 6.42 Å². The summed E-state index contributed by atoms with van der Waals surface area (Å²) >= 11 is 0. The lowest BCUT2D eigenvalue weighted by Crippen LogP contribution is -2.24. The van der Waals surface area contributed by atoms with Crippen molar-refractivity contribution in [1.29, 1.82) is 5.26 Å². The van der Waals surface area contributed by atoms with E-state index in [-0.39, 0.29) is 0 Å². The molecule has 0 saturated carbocycles. The zero-order chi connectivity index (χ0) is 12.8. The molecule has 0 spiro atoms. The van der Waals surface area contributed by atoms with Crippen molar-refractivity contribution < 1.29 is 0 Å². The third-order valence-corrected chi connectivity index (χ3v) is 3.02. The smallest absolute Gasteiger partial charge is 0.146 e. The standard InChI is InChI=1S/C17H13N/c1-2-17(14-18,16-11-7-4-8-12-16)13-15-9-5-3-6-10-15/h1,3-12H,13H2. The van der Waals surface area contributed by atoms with Crippen LogP contribution in [0.5, 0.6) is 0 Å². The zero-order valence-corrected chi connectivity index (χ0v) is 10.0. The van der Waals surface area contributed by atoms with Crippen molar-refractivity contribution in [3.63, 3.8) is 0 Å². The maximum Gasteiger partial charge on any atom is 0.146 e. The second-order valence-electron chi connectivity index (χ2n) is 4.19. The lowest BCUT2D eigenvalue weighted by Gasteiger charge is -2.21. The Balaban J connectivity index is 2.42. The van der Waals surface area contributed by atoms with Crippen molar-refractivity contribution in [3.05, 3.63) is 71.8 Å². The molecule has 1 atom stereocenters. The van der Waals surface area contributed by atoms with Gasteiger partial charge in [0, 0.05) is 6.42 Å². The van der Waals surface area contributed by atoms with Gasteiger partial charge in [0.25, 0.3) is 0 Å². The highest BCUT2D eigenvalue weighted by atomic mass is 14.4. The first-order valence-electron chi connectivity index (χ1n) is 5.79. The van der Waals surface area contributed by atoms with Crippen molar-refractivity contribution in [3.8, 4) is 18.4 Å². The number of hydrogen-bond acceptors (Lipinski definition) is 1. The first-order chi connectivity index (χ1) is 8.80. The first kappa shape index (κ1) is 12.0. The Hall–Kier alpha value is -2.51. The number of benzene rings is 2. The van der Waals surface area contributed by atoms with E-state index < -0.39 is 5.41 Å². The van der Waals surface area contributed by atoms with Crippen LogP contribution < -0.4 is 0 Å². The fourth-order valence-electron chi connectivity index (χ4n) is 2.00. The summed E-state index contributed by atoms with van der Waals surface area (Å²) in [5.41, 5.74) is 1.06. The summed E-state index contributed by atoms with van der Waals surface area (Å²) in [4.78, 5) is 0. The molecule has 0 aliphatic rings. The summed E-state index contributed by atoms with van der Waals surface area (Å²) in [6.07, 6.45) is 6.16. The van der Waals surface area contributed by atoms with E-state index in [1.54, 1.807) is 0 Å². The molecule has 0 bridgehead atoms. The molecule has 1 nitrogen and oxygen atoms in total. The highest BCUT2D eigenvalue weighted by Crippen LogP contribution is 2.27. The van der Waals surface area contributed by atoms with Gasteiger partial charge >= 0.3 is 0 Å². The molecule has 18 heavy (non-hydrogen) atoms. The maximum absolute atomic E-state index is 9.50. The topological polar surface area (TPSA) is 23.8 Å². The molecule has 0 aliphatic carbocycles. The van der Waals surface area contributed by atoms with Gasteiger partial charge in [-0.15, -0.1) is 6.42 Å². The molecule has 0 fully saturated rings. The number of nitrogens with zero attached hydrogens (tertiary/aromatic N) is 1. The van der Waals surface area contributed by atoms with Crippen LogP contribution in [0.25, 0.3) is 0 Å². The van der Waals surface area contributed by atoms with Gasteiger partial charge in [0.15, 0.2) is 0 Å². The third-order valence-electron chi connectivity index (χ3n) is 3.02. The van der Waals surface area contributed by atoms with Crippen LogP contribution in [-0.4, -0.2) is 0 Å². The van der Waals surface area contributed by atoms with E-state index in [2.05, 4.69) is 12.0 Å². The van der Waals surface area contributed by atoms with Crippen LogP contribution >= 0.6 is 0 Å². The minimum Gasteiger partial charge on any atom is -0.196 e. The van der Waals surface area contributed by atoms with Gasteiger partial charge in [-0.25, -0.2) is 0 Å². The summed E-state index contributed by atoms with van der Waals surface area (Å²) in [5.74, 6) is 2.67. The summed E-state index contributed by atoms with van der Waals surface area (Å²) in [6, 6.07) is 21.7. The van der Waals surface area contributed by atoms with Gasteiger partial charge in [-0.05, 0) is 11.1 Å². The highest BCUT2D eigenvalue weighted by Gasteiger charge is 2.30. The van der Waals surface area contributed by atoms with Crippen LogP contribution in [0.15, 0.2) is 60.7 Å². The largest absolute Gasteiger partial charge is 0.196 e. The summed E-state index contributed by atoms with van der Waals surface area (Å²) in [6.45, 7) is 0. The van der Waals surface area contributed by atoms with Crippen molar-refractivity contribution in [2.75, 3.05) is 0 Å². The number of rotatable bonds is 3. The molecule has 2 aromatic carbocycles. The van der Waals surface area contributed by atoms with E-state index in [0.717, 1.165) is 11.1 Å². The molecular formula is C17H13N. The van der Waals surface area contributed by atoms with Crippen molar-refractivity contribution in [2.24, 2.45) is 0 Å². The fraction of sp³-hybridized carbons (Fsp3) is 0.118. The average molecular weight is 231 g/mol. The molecule has 0 saturated heterocycles.